The van der Waals surface area contributed by atoms with Crippen molar-refractivity contribution in [2.24, 2.45) is 5.73 Å². The van der Waals surface area contributed by atoms with Crippen LogP contribution in [0.3, 0.4) is 0 Å². The summed E-state index contributed by atoms with van der Waals surface area (Å²) in [7, 11) is -4.11. The van der Waals surface area contributed by atoms with Crippen molar-refractivity contribution in [3.05, 3.63) is 47.7 Å². The first-order chi connectivity index (χ1) is 8.90. The van der Waals surface area contributed by atoms with Crippen LogP contribution in [0.2, 0.25) is 0 Å². The fraction of sp³-hybridized carbons (Fsp3) is 0.0833. The Morgan fingerprint density at radius 1 is 1.32 bits per heavy atom. The molecule has 6 nitrogen and oxygen atoms in total. The molecule has 2 aromatic rings. The molecular weight excluding hydrogens is 268 g/mol. The number of nitrogens with one attached hydrogen (secondary N) is 1. The number of hydrogen-bond donors (Lipinski definition) is 2. The second kappa shape index (κ2) is 4.77. The molecule has 0 atom stereocenters. The number of aryl methyl sites for hydroxylation is 1. The van der Waals surface area contributed by atoms with Crippen molar-refractivity contribution in [2.75, 3.05) is 0 Å². The maximum atomic E-state index is 12.1. The molecule has 0 bridgehead atoms. The number of primary amides is 1. The van der Waals surface area contributed by atoms with E-state index in [0.29, 0.717) is 0 Å². The molecule has 1 aromatic carbocycles. The van der Waals surface area contributed by atoms with Crippen molar-refractivity contribution in [1.82, 2.24) is 4.98 Å². The Morgan fingerprint density at radius 2 is 2.05 bits per heavy atom. The Bertz CT molecular complexity index is 705. The quantitative estimate of drug-likeness (QED) is 0.821. The average Bonchev–Trinajstić information content (AvgIpc) is 2.80. The van der Waals surface area contributed by atoms with Gasteiger partial charge in [0.05, 0.1) is 5.56 Å². The summed E-state index contributed by atoms with van der Waals surface area (Å²) in [4.78, 5) is 13.7. The molecule has 1 heterocycles. The number of carbonyl (C=O) groups is 1. The first-order valence-electron chi connectivity index (χ1n) is 5.38. The van der Waals surface area contributed by atoms with Crippen LogP contribution in [0.25, 0.3) is 0 Å². The Balaban J connectivity index is 2.49. The lowest BCUT2D eigenvalue weighted by Gasteiger charge is -2.09. The standard InChI is InChI=1S/C12H12N2O4S/c1-8-4-5-10(9(7-8)12(13)15)19(16,17)18-11-3-2-6-14-11/h2-7,14H,1H3,(H2,13,15). The number of aromatic nitrogens is 1. The van der Waals surface area contributed by atoms with Gasteiger partial charge in [-0.25, -0.2) is 0 Å². The van der Waals surface area contributed by atoms with Gasteiger partial charge in [-0.15, -0.1) is 0 Å². The van der Waals surface area contributed by atoms with Gasteiger partial charge in [0.2, 0.25) is 11.8 Å². The zero-order chi connectivity index (χ0) is 14.0. The van der Waals surface area contributed by atoms with E-state index in [2.05, 4.69) is 4.98 Å². The highest BCUT2D eigenvalue weighted by Gasteiger charge is 2.23. The molecule has 1 aromatic heterocycles. The van der Waals surface area contributed by atoms with Crippen LogP contribution in [-0.2, 0) is 10.1 Å². The summed E-state index contributed by atoms with van der Waals surface area (Å²) in [5.41, 5.74) is 5.82. The zero-order valence-electron chi connectivity index (χ0n) is 10.1. The van der Waals surface area contributed by atoms with Gasteiger partial charge in [-0.3, -0.25) is 4.79 Å². The zero-order valence-corrected chi connectivity index (χ0v) is 10.9. The lowest BCUT2D eigenvalue weighted by Crippen LogP contribution is -2.19. The predicted octanol–water partition coefficient (Wildman–Crippen LogP) is 1.19. The van der Waals surface area contributed by atoms with Crippen LogP contribution in [0.1, 0.15) is 15.9 Å². The SMILES string of the molecule is Cc1ccc(S(=O)(=O)Oc2ccc[nH]2)c(C(N)=O)c1. The molecule has 0 radical (unpaired) electrons. The van der Waals surface area contributed by atoms with Gasteiger partial charge in [-0.05, 0) is 25.1 Å². The highest BCUT2D eigenvalue weighted by Crippen LogP contribution is 2.21. The summed E-state index contributed by atoms with van der Waals surface area (Å²) in [6.45, 7) is 1.73. The highest BCUT2D eigenvalue weighted by atomic mass is 32.2. The Hall–Kier alpha value is -2.28. The highest BCUT2D eigenvalue weighted by molar-refractivity contribution is 7.87. The number of carbonyl (C=O) groups excluding carboxylic acids is 1. The molecule has 0 saturated carbocycles. The van der Waals surface area contributed by atoms with E-state index in [-0.39, 0.29) is 16.3 Å². The Morgan fingerprint density at radius 3 is 2.63 bits per heavy atom. The third kappa shape index (κ3) is 2.76. The molecule has 19 heavy (non-hydrogen) atoms. The van der Waals surface area contributed by atoms with Crippen molar-refractivity contribution >= 4 is 16.0 Å². The van der Waals surface area contributed by atoms with Crippen molar-refractivity contribution in [2.45, 2.75) is 11.8 Å². The Labute approximate surface area is 110 Å². The second-order valence-electron chi connectivity index (χ2n) is 3.94. The minimum Gasteiger partial charge on any atom is -0.366 e. The van der Waals surface area contributed by atoms with Crippen LogP contribution in [0.15, 0.2) is 41.4 Å². The molecule has 0 aliphatic carbocycles. The van der Waals surface area contributed by atoms with E-state index in [9.17, 15) is 13.2 Å². The van der Waals surface area contributed by atoms with E-state index in [1.165, 1.54) is 24.4 Å². The topological polar surface area (TPSA) is 102 Å². The summed E-state index contributed by atoms with van der Waals surface area (Å²) in [5.74, 6) is -0.756. The predicted molar refractivity (Wildman–Crippen MR) is 68.3 cm³/mol. The normalized spacial score (nSPS) is 11.2. The fourth-order valence-electron chi connectivity index (χ4n) is 1.58. The number of hydrogen-bond acceptors (Lipinski definition) is 4. The molecule has 2 rings (SSSR count). The smallest absolute Gasteiger partial charge is 0.341 e. The van der Waals surface area contributed by atoms with Crippen molar-refractivity contribution in [1.29, 1.82) is 0 Å². The molecule has 0 fully saturated rings. The van der Waals surface area contributed by atoms with Gasteiger partial charge in [0.1, 0.15) is 4.90 Å². The molecule has 0 aliphatic heterocycles. The molecular formula is C12H12N2O4S. The van der Waals surface area contributed by atoms with E-state index in [0.717, 1.165) is 5.56 Å². The number of benzene rings is 1. The van der Waals surface area contributed by atoms with Crippen molar-refractivity contribution in [3.63, 3.8) is 0 Å². The summed E-state index contributed by atoms with van der Waals surface area (Å²) in [5, 5.41) is 0. The van der Waals surface area contributed by atoms with Crippen LogP contribution in [0.4, 0.5) is 0 Å². The lowest BCUT2D eigenvalue weighted by molar-refractivity contribution is 0.0997. The van der Waals surface area contributed by atoms with Gasteiger partial charge in [-0.2, -0.15) is 8.42 Å². The average molecular weight is 280 g/mol. The molecule has 0 aliphatic rings. The summed E-state index contributed by atoms with van der Waals surface area (Å²) >= 11 is 0. The number of amides is 1. The van der Waals surface area contributed by atoms with Crippen LogP contribution < -0.4 is 9.92 Å². The van der Waals surface area contributed by atoms with Gasteiger partial charge in [0.25, 0.3) is 0 Å². The maximum absolute atomic E-state index is 12.1. The number of H-pyrrole nitrogens is 1. The number of rotatable bonds is 4. The monoisotopic (exact) mass is 280 g/mol. The first kappa shape index (κ1) is 13.2. The third-order valence-corrected chi connectivity index (χ3v) is 3.73. The van der Waals surface area contributed by atoms with Crippen molar-refractivity contribution < 1.29 is 17.4 Å². The van der Waals surface area contributed by atoms with Crippen LogP contribution >= 0.6 is 0 Å². The minimum atomic E-state index is -4.11. The van der Waals surface area contributed by atoms with Gasteiger partial charge in [0.15, 0.2) is 0 Å². The van der Waals surface area contributed by atoms with Crippen LogP contribution in [-0.4, -0.2) is 19.3 Å². The number of nitrogens with two attached hydrogens (primary N) is 1. The largest absolute Gasteiger partial charge is 0.366 e. The van der Waals surface area contributed by atoms with E-state index >= 15 is 0 Å². The van der Waals surface area contributed by atoms with Gasteiger partial charge in [-0.1, -0.05) is 11.6 Å². The Kier molecular flexibility index (Phi) is 3.30. The molecule has 0 spiro atoms. The van der Waals surface area contributed by atoms with E-state index in [1.807, 2.05) is 0 Å². The van der Waals surface area contributed by atoms with Gasteiger partial charge >= 0.3 is 10.1 Å². The molecule has 100 valence electrons. The van der Waals surface area contributed by atoms with Gasteiger partial charge < -0.3 is 14.9 Å². The van der Waals surface area contributed by atoms with Crippen LogP contribution in [0, 0.1) is 6.92 Å². The summed E-state index contributed by atoms with van der Waals surface area (Å²) in [6.07, 6.45) is 1.52. The molecule has 3 N–H and O–H groups in total. The van der Waals surface area contributed by atoms with E-state index < -0.39 is 16.0 Å². The lowest BCUT2D eigenvalue weighted by atomic mass is 10.1. The molecule has 0 unspecified atom stereocenters. The van der Waals surface area contributed by atoms with E-state index in [4.69, 9.17) is 9.92 Å². The molecule has 0 saturated heterocycles. The minimum absolute atomic E-state index is 0.0657. The summed E-state index contributed by atoms with van der Waals surface area (Å²) in [6, 6.07) is 7.32. The third-order valence-electron chi connectivity index (χ3n) is 2.44. The van der Waals surface area contributed by atoms with Crippen molar-refractivity contribution in [3.8, 4) is 5.88 Å². The van der Waals surface area contributed by atoms with E-state index in [1.54, 1.807) is 19.1 Å². The maximum Gasteiger partial charge on any atom is 0.341 e. The fourth-order valence-corrected chi connectivity index (χ4v) is 2.68. The van der Waals surface area contributed by atoms with Gasteiger partial charge in [0, 0.05) is 12.3 Å². The summed E-state index contributed by atoms with van der Waals surface area (Å²) < 4.78 is 29.0. The first-order valence-corrected chi connectivity index (χ1v) is 6.79. The number of aromatic amines is 1. The molecule has 1 amide bonds. The second-order valence-corrected chi connectivity index (χ2v) is 5.45. The van der Waals surface area contributed by atoms with Crippen LogP contribution in [0.5, 0.6) is 5.88 Å². The molecule has 7 heteroatoms.